The van der Waals surface area contributed by atoms with Crippen molar-refractivity contribution in [1.29, 1.82) is 0 Å². The average molecular weight is 297 g/mol. The molecule has 16 heavy (non-hydrogen) atoms. The lowest BCUT2D eigenvalue weighted by Gasteiger charge is -2.08. The maximum absolute atomic E-state index is 9.96. The molecule has 0 aliphatic carbocycles. The summed E-state index contributed by atoms with van der Waals surface area (Å²) >= 11 is 5.11. The first-order chi connectivity index (χ1) is 7.74. The van der Waals surface area contributed by atoms with Gasteiger partial charge in [0.05, 0.1) is 9.89 Å². The van der Waals surface area contributed by atoms with Gasteiger partial charge in [0.1, 0.15) is 0 Å². The van der Waals surface area contributed by atoms with Gasteiger partial charge in [0.2, 0.25) is 0 Å². The molecule has 2 aromatic rings. The quantitative estimate of drug-likeness (QED) is 0.913. The zero-order valence-electron chi connectivity index (χ0n) is 8.77. The monoisotopic (exact) mass is 296 g/mol. The molecule has 1 aromatic heterocycles. The van der Waals surface area contributed by atoms with E-state index in [-0.39, 0.29) is 6.10 Å². The van der Waals surface area contributed by atoms with E-state index in [4.69, 9.17) is 0 Å². The largest absolute Gasteiger partial charge is 0.392 e. The standard InChI is InChI=1S/C13H13BrOS/c14-13-7-6-12(16-13)9-11(15)8-10-4-2-1-3-5-10/h1-7,11,15H,8-9H2. The van der Waals surface area contributed by atoms with E-state index < -0.39 is 0 Å². The fraction of sp³-hybridized carbons (Fsp3) is 0.231. The molecule has 0 bridgehead atoms. The second-order valence-electron chi connectivity index (χ2n) is 3.75. The molecule has 0 saturated heterocycles. The lowest BCUT2D eigenvalue weighted by Crippen LogP contribution is -2.12. The van der Waals surface area contributed by atoms with Crippen molar-refractivity contribution in [3.63, 3.8) is 0 Å². The minimum absolute atomic E-state index is 0.298. The number of halogens is 1. The van der Waals surface area contributed by atoms with Crippen molar-refractivity contribution < 1.29 is 5.11 Å². The zero-order valence-corrected chi connectivity index (χ0v) is 11.2. The van der Waals surface area contributed by atoms with Crippen molar-refractivity contribution in [2.24, 2.45) is 0 Å². The molecule has 1 aromatic carbocycles. The predicted molar refractivity (Wildman–Crippen MR) is 71.9 cm³/mol. The summed E-state index contributed by atoms with van der Waals surface area (Å²) in [6.45, 7) is 0. The number of hydrogen-bond donors (Lipinski definition) is 1. The van der Waals surface area contributed by atoms with Crippen molar-refractivity contribution in [3.8, 4) is 0 Å². The number of thiophene rings is 1. The van der Waals surface area contributed by atoms with Gasteiger partial charge in [-0.05, 0) is 40.0 Å². The molecule has 1 heterocycles. The Kier molecular flexibility index (Phi) is 4.16. The van der Waals surface area contributed by atoms with E-state index in [9.17, 15) is 5.11 Å². The Morgan fingerprint density at radius 3 is 2.44 bits per heavy atom. The van der Waals surface area contributed by atoms with Crippen LogP contribution in [0.15, 0.2) is 46.3 Å². The van der Waals surface area contributed by atoms with Crippen LogP contribution in [0.25, 0.3) is 0 Å². The Bertz CT molecular complexity index is 438. The van der Waals surface area contributed by atoms with Crippen molar-refractivity contribution in [3.05, 3.63) is 56.7 Å². The molecular formula is C13H13BrOS. The number of benzene rings is 1. The predicted octanol–water partition coefficient (Wildman–Crippen LogP) is 3.66. The number of rotatable bonds is 4. The molecule has 1 unspecified atom stereocenters. The Morgan fingerprint density at radius 2 is 1.81 bits per heavy atom. The fourth-order valence-corrected chi connectivity index (χ4v) is 3.21. The minimum atomic E-state index is -0.298. The molecule has 0 aliphatic heterocycles. The molecule has 0 saturated carbocycles. The van der Waals surface area contributed by atoms with E-state index in [0.717, 1.165) is 16.6 Å². The first-order valence-corrected chi connectivity index (χ1v) is 6.81. The fourth-order valence-electron chi connectivity index (χ4n) is 1.65. The average Bonchev–Trinajstić information content (AvgIpc) is 2.65. The maximum atomic E-state index is 9.96. The van der Waals surface area contributed by atoms with E-state index in [1.807, 2.05) is 36.4 Å². The highest BCUT2D eigenvalue weighted by Gasteiger charge is 2.08. The van der Waals surface area contributed by atoms with E-state index in [1.165, 1.54) is 10.4 Å². The first kappa shape index (κ1) is 11.8. The van der Waals surface area contributed by atoms with Gasteiger partial charge in [-0.15, -0.1) is 11.3 Å². The van der Waals surface area contributed by atoms with Crippen LogP contribution < -0.4 is 0 Å². The summed E-state index contributed by atoms with van der Waals surface area (Å²) in [4.78, 5) is 1.22. The summed E-state index contributed by atoms with van der Waals surface area (Å²) in [6, 6.07) is 14.2. The SMILES string of the molecule is OC(Cc1ccccc1)Cc1ccc(Br)s1. The van der Waals surface area contributed by atoms with Gasteiger partial charge in [-0.3, -0.25) is 0 Å². The van der Waals surface area contributed by atoms with Gasteiger partial charge in [0.15, 0.2) is 0 Å². The lowest BCUT2D eigenvalue weighted by molar-refractivity contribution is 0.176. The zero-order chi connectivity index (χ0) is 11.4. The molecular weight excluding hydrogens is 284 g/mol. The topological polar surface area (TPSA) is 20.2 Å². The summed E-state index contributed by atoms with van der Waals surface area (Å²) in [5.74, 6) is 0. The maximum Gasteiger partial charge on any atom is 0.0701 e. The molecule has 1 atom stereocenters. The summed E-state index contributed by atoms with van der Waals surface area (Å²) in [7, 11) is 0. The molecule has 84 valence electrons. The van der Waals surface area contributed by atoms with Crippen molar-refractivity contribution >= 4 is 27.3 Å². The highest BCUT2D eigenvalue weighted by Crippen LogP contribution is 2.23. The third-order valence-electron chi connectivity index (χ3n) is 2.38. The van der Waals surface area contributed by atoms with E-state index in [0.29, 0.717) is 0 Å². The molecule has 0 spiro atoms. The normalized spacial score (nSPS) is 12.6. The molecule has 2 rings (SSSR count). The van der Waals surface area contributed by atoms with Gasteiger partial charge in [0.25, 0.3) is 0 Å². The summed E-state index contributed by atoms with van der Waals surface area (Å²) in [5.41, 5.74) is 1.19. The second kappa shape index (κ2) is 5.62. The Hall–Kier alpha value is -0.640. The van der Waals surface area contributed by atoms with Gasteiger partial charge in [-0.2, -0.15) is 0 Å². The molecule has 3 heteroatoms. The Labute approximate surface area is 108 Å². The summed E-state index contributed by atoms with van der Waals surface area (Å²) < 4.78 is 1.12. The van der Waals surface area contributed by atoms with Crippen LogP contribution in [0.2, 0.25) is 0 Å². The van der Waals surface area contributed by atoms with E-state index >= 15 is 0 Å². The van der Waals surface area contributed by atoms with E-state index in [1.54, 1.807) is 11.3 Å². The van der Waals surface area contributed by atoms with Crippen LogP contribution in [-0.4, -0.2) is 11.2 Å². The van der Waals surface area contributed by atoms with E-state index in [2.05, 4.69) is 22.0 Å². The summed E-state index contributed by atoms with van der Waals surface area (Å²) in [5, 5.41) is 9.96. The molecule has 0 aliphatic rings. The smallest absolute Gasteiger partial charge is 0.0701 e. The number of aliphatic hydroxyl groups is 1. The van der Waals surface area contributed by atoms with Gasteiger partial charge in [-0.1, -0.05) is 30.3 Å². The third-order valence-corrected chi connectivity index (χ3v) is 4.03. The Balaban J connectivity index is 1.92. The molecule has 0 fully saturated rings. The lowest BCUT2D eigenvalue weighted by atomic mass is 10.1. The van der Waals surface area contributed by atoms with Crippen molar-refractivity contribution in [2.45, 2.75) is 18.9 Å². The summed E-state index contributed by atoms with van der Waals surface area (Å²) in [6.07, 6.45) is 1.15. The van der Waals surface area contributed by atoms with Crippen LogP contribution >= 0.6 is 27.3 Å². The van der Waals surface area contributed by atoms with Gasteiger partial charge in [-0.25, -0.2) is 0 Å². The van der Waals surface area contributed by atoms with Crippen LogP contribution in [0.3, 0.4) is 0 Å². The van der Waals surface area contributed by atoms with Gasteiger partial charge in [0, 0.05) is 11.3 Å². The number of hydrogen-bond acceptors (Lipinski definition) is 2. The van der Waals surface area contributed by atoms with Crippen molar-refractivity contribution in [2.75, 3.05) is 0 Å². The molecule has 1 N–H and O–H groups in total. The van der Waals surface area contributed by atoms with Crippen LogP contribution in [0.1, 0.15) is 10.4 Å². The highest BCUT2D eigenvalue weighted by molar-refractivity contribution is 9.11. The van der Waals surface area contributed by atoms with Gasteiger partial charge >= 0.3 is 0 Å². The van der Waals surface area contributed by atoms with Gasteiger partial charge < -0.3 is 5.11 Å². The van der Waals surface area contributed by atoms with Crippen LogP contribution in [0.4, 0.5) is 0 Å². The Morgan fingerprint density at radius 1 is 1.06 bits per heavy atom. The number of aliphatic hydroxyl groups excluding tert-OH is 1. The first-order valence-electron chi connectivity index (χ1n) is 5.20. The van der Waals surface area contributed by atoms with Crippen molar-refractivity contribution in [1.82, 2.24) is 0 Å². The van der Waals surface area contributed by atoms with Crippen LogP contribution in [-0.2, 0) is 12.8 Å². The molecule has 0 radical (unpaired) electrons. The van der Waals surface area contributed by atoms with Crippen LogP contribution in [0.5, 0.6) is 0 Å². The molecule has 1 nitrogen and oxygen atoms in total. The highest BCUT2D eigenvalue weighted by atomic mass is 79.9. The van der Waals surface area contributed by atoms with Crippen LogP contribution in [0, 0.1) is 0 Å². The second-order valence-corrected chi connectivity index (χ2v) is 6.30. The molecule has 0 amide bonds. The third kappa shape index (κ3) is 3.44. The minimum Gasteiger partial charge on any atom is -0.392 e.